The van der Waals surface area contributed by atoms with Crippen molar-refractivity contribution < 1.29 is 22.1 Å². The molecule has 1 fully saturated rings. The van der Waals surface area contributed by atoms with Gasteiger partial charge in [-0.3, -0.25) is 4.79 Å². The predicted octanol–water partition coefficient (Wildman–Crippen LogP) is 2.96. The molecule has 8 nitrogen and oxygen atoms in total. The van der Waals surface area contributed by atoms with Gasteiger partial charge in [-0.2, -0.15) is 9.29 Å². The summed E-state index contributed by atoms with van der Waals surface area (Å²) in [5.74, 6) is -0.113. The van der Waals surface area contributed by atoms with E-state index < -0.39 is 21.4 Å². The second-order valence-corrected chi connectivity index (χ2v) is 11.4. The molecule has 1 aliphatic rings. The summed E-state index contributed by atoms with van der Waals surface area (Å²) in [4.78, 5) is 17.3. The maximum atomic E-state index is 13.1. The number of hydrogen-bond acceptors (Lipinski definition) is 6. The molecule has 0 saturated carbocycles. The van der Waals surface area contributed by atoms with Crippen molar-refractivity contribution in [2.45, 2.75) is 63.3 Å². The average Bonchev–Trinajstić information content (AvgIpc) is 3.20. The third-order valence-electron chi connectivity index (χ3n) is 5.34. The molecule has 0 unspecified atom stereocenters. The van der Waals surface area contributed by atoms with E-state index in [-0.39, 0.29) is 35.2 Å². The lowest BCUT2D eigenvalue weighted by Crippen LogP contribution is -2.48. The summed E-state index contributed by atoms with van der Waals surface area (Å²) in [5, 5.41) is 6.99. The molecule has 1 aromatic heterocycles. The van der Waals surface area contributed by atoms with Crippen LogP contribution in [0.2, 0.25) is 0 Å². The van der Waals surface area contributed by atoms with E-state index in [1.54, 1.807) is 13.8 Å². The number of sulfonamides is 1. The van der Waals surface area contributed by atoms with E-state index >= 15 is 0 Å². The molecule has 31 heavy (non-hydrogen) atoms. The Morgan fingerprint density at radius 1 is 1.13 bits per heavy atom. The van der Waals surface area contributed by atoms with E-state index in [2.05, 4.69) is 15.5 Å². The molecule has 0 atom stereocenters. The van der Waals surface area contributed by atoms with Gasteiger partial charge in [0.15, 0.2) is 5.82 Å². The van der Waals surface area contributed by atoms with E-state index in [0.717, 1.165) is 12.1 Å². The zero-order valence-electron chi connectivity index (χ0n) is 18.5. The van der Waals surface area contributed by atoms with E-state index in [0.29, 0.717) is 24.6 Å². The molecular weight excluding hydrogens is 423 g/mol. The minimum absolute atomic E-state index is 0.0460. The van der Waals surface area contributed by atoms with Gasteiger partial charge in [-0.05, 0) is 51.0 Å². The van der Waals surface area contributed by atoms with Crippen LogP contribution in [0.3, 0.4) is 0 Å². The molecular formula is C21H29FN4O4S. The number of hydrogen-bond donors (Lipinski definition) is 1. The number of aromatic nitrogens is 2. The van der Waals surface area contributed by atoms with Gasteiger partial charge in [0.05, 0.1) is 10.4 Å². The standard InChI is InChI=1S/C21H29FN4O4S/c1-20(2,3)19-23-18(25-30-19)21(4,5)24-17(27)14-10-12-26(13-11-14)31(28,29)16-8-6-15(22)7-9-16/h6-9,14H,10-13H2,1-5H3,(H,24,27). The van der Waals surface area contributed by atoms with Gasteiger partial charge in [0.2, 0.25) is 21.8 Å². The summed E-state index contributed by atoms with van der Waals surface area (Å²) < 4.78 is 45.3. The molecule has 170 valence electrons. The Kier molecular flexibility index (Phi) is 6.25. The molecule has 2 aromatic rings. The first-order chi connectivity index (χ1) is 14.3. The zero-order valence-corrected chi connectivity index (χ0v) is 19.3. The van der Waals surface area contributed by atoms with Crippen molar-refractivity contribution >= 4 is 15.9 Å². The van der Waals surface area contributed by atoms with Crippen LogP contribution in [0.1, 0.15) is 59.2 Å². The Morgan fingerprint density at radius 2 is 1.71 bits per heavy atom. The van der Waals surface area contributed by atoms with Crippen LogP contribution in [-0.2, 0) is 25.8 Å². The first kappa shape index (κ1) is 23.3. The Bertz CT molecular complexity index is 1030. The number of rotatable bonds is 5. The molecule has 0 radical (unpaired) electrons. The van der Waals surface area contributed by atoms with Crippen molar-refractivity contribution in [1.82, 2.24) is 19.8 Å². The largest absolute Gasteiger partial charge is 0.344 e. The Hall–Kier alpha value is -2.33. The molecule has 1 aliphatic heterocycles. The first-order valence-electron chi connectivity index (χ1n) is 10.2. The summed E-state index contributed by atoms with van der Waals surface area (Å²) in [6, 6.07) is 4.75. The number of nitrogens with one attached hydrogen (secondary N) is 1. The van der Waals surface area contributed by atoms with Crippen LogP contribution >= 0.6 is 0 Å². The second kappa shape index (κ2) is 8.31. The first-order valence-corrected chi connectivity index (χ1v) is 11.7. The average molecular weight is 453 g/mol. The molecule has 2 heterocycles. The molecule has 0 spiro atoms. The highest BCUT2D eigenvalue weighted by Gasteiger charge is 2.36. The molecule has 0 bridgehead atoms. The van der Waals surface area contributed by atoms with E-state index in [1.807, 2.05) is 20.8 Å². The van der Waals surface area contributed by atoms with Crippen molar-refractivity contribution in [3.8, 4) is 0 Å². The Labute approximate surface area is 182 Å². The summed E-state index contributed by atoms with van der Waals surface area (Å²) in [7, 11) is -3.71. The molecule has 1 saturated heterocycles. The molecule has 3 rings (SSSR count). The summed E-state index contributed by atoms with van der Waals surface area (Å²) in [6.45, 7) is 9.92. The lowest BCUT2D eigenvalue weighted by Gasteiger charge is -2.32. The minimum Gasteiger partial charge on any atom is -0.344 e. The van der Waals surface area contributed by atoms with Gasteiger partial charge in [0, 0.05) is 24.4 Å². The SMILES string of the molecule is CC(C)(C)c1nc(C(C)(C)NC(=O)C2CCN(S(=O)(=O)c3ccc(F)cc3)CC2)no1. The number of carbonyl (C=O) groups is 1. The topological polar surface area (TPSA) is 105 Å². The van der Waals surface area contributed by atoms with Crippen LogP contribution < -0.4 is 5.32 Å². The van der Waals surface area contributed by atoms with Crippen molar-refractivity contribution in [2.24, 2.45) is 5.92 Å². The lowest BCUT2D eigenvalue weighted by molar-refractivity contribution is -0.128. The highest BCUT2D eigenvalue weighted by atomic mass is 32.2. The summed E-state index contributed by atoms with van der Waals surface area (Å²) in [6.07, 6.45) is 0.781. The third kappa shape index (κ3) is 5.12. The summed E-state index contributed by atoms with van der Waals surface area (Å²) >= 11 is 0. The highest BCUT2D eigenvalue weighted by molar-refractivity contribution is 7.89. The maximum Gasteiger partial charge on any atom is 0.243 e. The van der Waals surface area contributed by atoms with E-state index in [9.17, 15) is 17.6 Å². The maximum absolute atomic E-state index is 13.1. The van der Waals surface area contributed by atoms with Gasteiger partial charge in [0.1, 0.15) is 5.82 Å². The van der Waals surface area contributed by atoms with Crippen LogP contribution in [0, 0.1) is 11.7 Å². The predicted molar refractivity (Wildman–Crippen MR) is 112 cm³/mol. The molecule has 1 N–H and O–H groups in total. The van der Waals surface area contributed by atoms with Crippen LogP contribution in [0.5, 0.6) is 0 Å². The van der Waals surface area contributed by atoms with Crippen molar-refractivity contribution in [3.05, 3.63) is 41.8 Å². The minimum atomic E-state index is -3.71. The van der Waals surface area contributed by atoms with E-state index in [4.69, 9.17) is 4.52 Å². The van der Waals surface area contributed by atoms with Crippen molar-refractivity contribution in [1.29, 1.82) is 0 Å². The van der Waals surface area contributed by atoms with Gasteiger partial charge in [-0.15, -0.1) is 0 Å². The van der Waals surface area contributed by atoms with Gasteiger partial charge < -0.3 is 9.84 Å². The molecule has 1 amide bonds. The second-order valence-electron chi connectivity index (χ2n) is 9.42. The van der Waals surface area contributed by atoms with Gasteiger partial charge in [-0.1, -0.05) is 25.9 Å². The Morgan fingerprint density at radius 3 is 2.23 bits per heavy atom. The fourth-order valence-electron chi connectivity index (χ4n) is 3.36. The number of carbonyl (C=O) groups excluding carboxylic acids is 1. The number of halogens is 1. The summed E-state index contributed by atoms with van der Waals surface area (Å²) in [5.41, 5.74) is -1.13. The molecule has 10 heteroatoms. The lowest BCUT2D eigenvalue weighted by atomic mass is 9.94. The van der Waals surface area contributed by atoms with Gasteiger partial charge in [-0.25, -0.2) is 12.8 Å². The monoisotopic (exact) mass is 452 g/mol. The van der Waals surface area contributed by atoms with Crippen LogP contribution in [0.4, 0.5) is 4.39 Å². The normalized spacial score (nSPS) is 17.0. The van der Waals surface area contributed by atoms with Crippen molar-refractivity contribution in [2.75, 3.05) is 13.1 Å². The number of nitrogens with zero attached hydrogens (tertiary/aromatic N) is 3. The number of benzene rings is 1. The zero-order chi connectivity index (χ0) is 23.0. The van der Waals surface area contributed by atoms with Crippen LogP contribution in [-0.4, -0.2) is 41.9 Å². The Balaban J connectivity index is 1.62. The fourth-order valence-corrected chi connectivity index (χ4v) is 4.83. The van der Waals surface area contributed by atoms with Crippen molar-refractivity contribution in [3.63, 3.8) is 0 Å². The number of amides is 1. The quantitative estimate of drug-likeness (QED) is 0.748. The smallest absolute Gasteiger partial charge is 0.243 e. The molecule has 0 aliphatic carbocycles. The van der Waals surface area contributed by atoms with Gasteiger partial charge >= 0.3 is 0 Å². The fraction of sp³-hybridized carbons (Fsp3) is 0.571. The molecule has 1 aromatic carbocycles. The van der Waals surface area contributed by atoms with E-state index in [1.165, 1.54) is 16.4 Å². The highest BCUT2D eigenvalue weighted by Crippen LogP contribution is 2.27. The third-order valence-corrected chi connectivity index (χ3v) is 7.25. The number of piperidine rings is 1. The van der Waals surface area contributed by atoms with Gasteiger partial charge in [0.25, 0.3) is 0 Å². The van der Waals surface area contributed by atoms with Crippen LogP contribution in [0.15, 0.2) is 33.7 Å². The van der Waals surface area contributed by atoms with Crippen LogP contribution in [0.25, 0.3) is 0 Å².